The van der Waals surface area contributed by atoms with Gasteiger partial charge in [-0.25, -0.2) is 0 Å². The Hall–Kier alpha value is -2.86. The summed E-state index contributed by atoms with van der Waals surface area (Å²) in [6.07, 6.45) is 18.8. The highest BCUT2D eigenvalue weighted by molar-refractivity contribution is 6.07. The molecular formula is C28H22. The minimum Gasteiger partial charge on any atom is -0.0617 e. The van der Waals surface area contributed by atoms with E-state index in [1.54, 1.807) is 11.1 Å². The van der Waals surface area contributed by atoms with Crippen LogP contribution < -0.4 is 0 Å². The lowest BCUT2D eigenvalue weighted by Crippen LogP contribution is -2.47. The van der Waals surface area contributed by atoms with E-state index in [1.165, 1.54) is 44.2 Å². The fourth-order valence-corrected chi connectivity index (χ4v) is 6.76. The number of rotatable bonds is 0. The third-order valence-electron chi connectivity index (χ3n) is 8.34. The van der Waals surface area contributed by atoms with Crippen LogP contribution in [0.25, 0.3) is 21.9 Å². The van der Waals surface area contributed by atoms with Gasteiger partial charge in [0.2, 0.25) is 0 Å². The Morgan fingerprint density at radius 1 is 0.786 bits per heavy atom. The average molecular weight is 358 g/mol. The molecule has 5 aliphatic rings. The first-order valence-electron chi connectivity index (χ1n) is 10.4. The molecule has 0 heteroatoms. The van der Waals surface area contributed by atoms with E-state index in [9.17, 15) is 0 Å². The lowest BCUT2D eigenvalue weighted by atomic mass is 9.44. The Morgan fingerprint density at radius 2 is 1.68 bits per heavy atom. The largest absolute Gasteiger partial charge is 0.0617 e. The van der Waals surface area contributed by atoms with Crippen LogP contribution in [0.2, 0.25) is 0 Å². The van der Waals surface area contributed by atoms with Crippen molar-refractivity contribution < 1.29 is 0 Å². The normalized spacial score (nSPS) is 30.7. The molecule has 0 unspecified atom stereocenters. The first-order valence-corrected chi connectivity index (χ1v) is 10.4. The van der Waals surface area contributed by atoms with Gasteiger partial charge in [-0.2, -0.15) is 0 Å². The zero-order valence-corrected chi connectivity index (χ0v) is 16.3. The number of hydrogen-bond donors (Lipinski definition) is 0. The van der Waals surface area contributed by atoms with Crippen molar-refractivity contribution in [3.05, 3.63) is 106 Å². The van der Waals surface area contributed by atoms with Gasteiger partial charge in [0.15, 0.2) is 0 Å². The standard InChI is InChI=1S/C28H22/c1-27-19-7-4-8-20(27)12-16-24-22-14-10-18-6-3-5-17-9-13-21(26(22)25(17)18)23(15-11-19)28(24,27)2/h3-9,11-13,15-16H,10,14H2,1-2H3/t27-,28-/m1/s1. The number of fused-ring (bicyclic) bond motifs is 1. The van der Waals surface area contributed by atoms with Gasteiger partial charge >= 0.3 is 0 Å². The monoisotopic (exact) mass is 358 g/mol. The Kier molecular flexibility index (Phi) is 2.47. The van der Waals surface area contributed by atoms with E-state index in [0.29, 0.717) is 0 Å². The minimum absolute atomic E-state index is 0.00648. The molecule has 2 aromatic carbocycles. The van der Waals surface area contributed by atoms with Gasteiger partial charge in [0.25, 0.3) is 0 Å². The molecule has 0 radical (unpaired) electrons. The van der Waals surface area contributed by atoms with Crippen molar-refractivity contribution in [3.8, 4) is 0 Å². The van der Waals surface area contributed by atoms with Crippen LogP contribution in [0.4, 0.5) is 0 Å². The molecule has 0 saturated carbocycles. The topological polar surface area (TPSA) is 0 Å². The molecule has 2 atom stereocenters. The highest BCUT2D eigenvalue weighted by atomic mass is 14.6. The molecule has 0 aromatic heterocycles. The van der Waals surface area contributed by atoms with E-state index < -0.39 is 0 Å². The van der Waals surface area contributed by atoms with E-state index in [0.717, 1.165) is 12.8 Å². The van der Waals surface area contributed by atoms with Crippen LogP contribution in [-0.2, 0) is 6.42 Å². The maximum atomic E-state index is 2.50. The van der Waals surface area contributed by atoms with Crippen molar-refractivity contribution in [1.82, 2.24) is 0 Å². The third-order valence-corrected chi connectivity index (χ3v) is 8.34. The molecule has 5 aliphatic carbocycles. The van der Waals surface area contributed by atoms with Gasteiger partial charge in [-0.1, -0.05) is 86.7 Å². The van der Waals surface area contributed by atoms with Gasteiger partial charge in [-0.05, 0) is 68.2 Å². The Morgan fingerprint density at radius 3 is 2.61 bits per heavy atom. The van der Waals surface area contributed by atoms with Gasteiger partial charge in [-0.15, -0.1) is 0 Å². The number of benzene rings is 2. The van der Waals surface area contributed by atoms with Crippen molar-refractivity contribution in [2.24, 2.45) is 10.8 Å². The number of aryl methyl sites for hydroxylation is 1. The summed E-state index contributed by atoms with van der Waals surface area (Å²) in [5.41, 5.74) is 12.0. The first-order chi connectivity index (χ1) is 13.6. The summed E-state index contributed by atoms with van der Waals surface area (Å²) in [7, 11) is 0. The van der Waals surface area contributed by atoms with Gasteiger partial charge in [0, 0.05) is 10.8 Å². The molecule has 0 N–H and O–H groups in total. The van der Waals surface area contributed by atoms with Crippen molar-refractivity contribution in [2.75, 3.05) is 0 Å². The summed E-state index contributed by atoms with van der Waals surface area (Å²) in [6.45, 7) is 4.96. The lowest BCUT2D eigenvalue weighted by molar-refractivity contribution is 0.276. The lowest BCUT2D eigenvalue weighted by Gasteiger charge is -2.58. The Bertz CT molecular complexity index is 1320. The molecule has 2 aromatic rings. The predicted molar refractivity (Wildman–Crippen MR) is 118 cm³/mol. The molecular weight excluding hydrogens is 336 g/mol. The summed E-state index contributed by atoms with van der Waals surface area (Å²) >= 11 is 0. The van der Waals surface area contributed by atoms with Gasteiger partial charge in [0.05, 0.1) is 0 Å². The van der Waals surface area contributed by atoms with Crippen molar-refractivity contribution in [3.63, 3.8) is 0 Å². The fourth-order valence-electron chi connectivity index (χ4n) is 6.76. The van der Waals surface area contributed by atoms with Crippen molar-refractivity contribution >= 4 is 21.9 Å². The van der Waals surface area contributed by atoms with E-state index >= 15 is 0 Å². The van der Waals surface area contributed by atoms with E-state index in [-0.39, 0.29) is 10.8 Å². The summed E-state index contributed by atoms with van der Waals surface area (Å²) < 4.78 is 0. The Balaban J connectivity index is 1.72. The second-order valence-corrected chi connectivity index (χ2v) is 9.16. The second-order valence-electron chi connectivity index (χ2n) is 9.16. The smallest absolute Gasteiger partial charge is 0.0318 e. The number of hydrogen-bond acceptors (Lipinski definition) is 0. The molecule has 0 bridgehead atoms. The highest BCUT2D eigenvalue weighted by Crippen LogP contribution is 2.69. The maximum absolute atomic E-state index is 2.50. The first kappa shape index (κ1) is 15.1. The van der Waals surface area contributed by atoms with E-state index in [2.05, 4.69) is 86.7 Å². The molecule has 28 heavy (non-hydrogen) atoms. The molecule has 134 valence electrons. The third kappa shape index (κ3) is 1.40. The second kappa shape index (κ2) is 4.58. The van der Waals surface area contributed by atoms with Crippen LogP contribution in [-0.4, -0.2) is 0 Å². The molecule has 0 spiro atoms. The maximum Gasteiger partial charge on any atom is 0.0318 e. The average Bonchev–Trinajstić information content (AvgIpc) is 2.71. The summed E-state index contributed by atoms with van der Waals surface area (Å²) in [4.78, 5) is 0. The highest BCUT2D eigenvalue weighted by Gasteiger charge is 2.58. The summed E-state index contributed by atoms with van der Waals surface area (Å²) in [5, 5.41) is 2.88. The van der Waals surface area contributed by atoms with Crippen LogP contribution in [0, 0.1) is 10.8 Å². The molecule has 0 nitrogen and oxygen atoms in total. The zero-order valence-electron chi connectivity index (χ0n) is 16.3. The van der Waals surface area contributed by atoms with E-state index in [1.807, 2.05) is 0 Å². The van der Waals surface area contributed by atoms with Crippen molar-refractivity contribution in [2.45, 2.75) is 26.7 Å². The molecule has 0 amide bonds. The minimum atomic E-state index is -0.00921. The molecule has 7 rings (SSSR count). The van der Waals surface area contributed by atoms with Crippen LogP contribution in [0.3, 0.4) is 0 Å². The molecule has 0 saturated heterocycles. The molecule has 0 fully saturated rings. The number of allylic oxidation sites excluding steroid dienone is 12. The Labute approximate surface area is 166 Å². The summed E-state index contributed by atoms with van der Waals surface area (Å²) in [6, 6.07) is 11.6. The quantitative estimate of drug-likeness (QED) is 0.478. The van der Waals surface area contributed by atoms with Gasteiger partial charge < -0.3 is 0 Å². The van der Waals surface area contributed by atoms with Crippen LogP contribution >= 0.6 is 0 Å². The van der Waals surface area contributed by atoms with E-state index in [4.69, 9.17) is 0 Å². The summed E-state index contributed by atoms with van der Waals surface area (Å²) in [5.74, 6) is 0. The fraction of sp³-hybridized carbons (Fsp3) is 0.214. The zero-order chi connectivity index (χ0) is 18.7. The van der Waals surface area contributed by atoms with Crippen molar-refractivity contribution in [1.29, 1.82) is 0 Å². The van der Waals surface area contributed by atoms with Crippen LogP contribution in [0.5, 0.6) is 0 Å². The molecule has 0 heterocycles. The predicted octanol–water partition coefficient (Wildman–Crippen LogP) is 6.96. The van der Waals surface area contributed by atoms with Gasteiger partial charge in [0.1, 0.15) is 0 Å². The van der Waals surface area contributed by atoms with Crippen LogP contribution in [0.1, 0.15) is 37.0 Å². The molecule has 0 aliphatic heterocycles. The SMILES string of the molecule is C[C@]12C3=CC=CC1=CC=C1c4ccc5cccc6c5c4C(=C(C=C3)[C@@]12C)CC6. The van der Waals surface area contributed by atoms with Crippen LogP contribution in [0.15, 0.2) is 89.6 Å². The van der Waals surface area contributed by atoms with Gasteiger partial charge in [-0.3, -0.25) is 0 Å².